The second-order valence-corrected chi connectivity index (χ2v) is 6.66. The first-order chi connectivity index (χ1) is 9.78. The van der Waals surface area contributed by atoms with Crippen LogP contribution in [0.3, 0.4) is 0 Å². The maximum atomic E-state index is 5.80. The number of thiophene rings is 1. The average molecular weight is 287 g/mol. The average Bonchev–Trinajstić information content (AvgIpc) is 2.94. The first-order valence-corrected chi connectivity index (χ1v) is 8.12. The lowest BCUT2D eigenvalue weighted by Gasteiger charge is -2.32. The zero-order chi connectivity index (χ0) is 13.9. The van der Waals surface area contributed by atoms with Crippen molar-refractivity contribution in [2.75, 3.05) is 6.61 Å². The van der Waals surface area contributed by atoms with Crippen molar-refractivity contribution in [2.24, 2.45) is 5.92 Å². The van der Waals surface area contributed by atoms with Gasteiger partial charge >= 0.3 is 0 Å². The van der Waals surface area contributed by atoms with E-state index < -0.39 is 0 Å². The summed E-state index contributed by atoms with van der Waals surface area (Å²) >= 11 is 1.91. The molecule has 0 saturated heterocycles. The third kappa shape index (κ3) is 2.74. The van der Waals surface area contributed by atoms with Crippen molar-refractivity contribution in [1.82, 2.24) is 5.32 Å². The molecule has 0 aliphatic carbocycles. The van der Waals surface area contributed by atoms with Crippen LogP contribution in [0, 0.1) is 5.92 Å². The summed E-state index contributed by atoms with van der Waals surface area (Å²) in [5.41, 5.74) is 1.29. The van der Waals surface area contributed by atoms with Crippen LogP contribution in [0.2, 0.25) is 0 Å². The first-order valence-electron chi connectivity index (χ1n) is 7.30. The Hall–Kier alpha value is -1.32. The van der Waals surface area contributed by atoms with Crippen LogP contribution in [0.1, 0.15) is 35.2 Å². The number of para-hydroxylation sites is 1. The highest BCUT2D eigenvalue weighted by molar-refractivity contribution is 7.11. The minimum Gasteiger partial charge on any atom is -0.493 e. The van der Waals surface area contributed by atoms with E-state index in [4.69, 9.17) is 4.74 Å². The smallest absolute Gasteiger partial charge is 0.124 e. The molecule has 1 aliphatic rings. The third-order valence-corrected chi connectivity index (χ3v) is 5.12. The van der Waals surface area contributed by atoms with Crippen LogP contribution in [0.4, 0.5) is 0 Å². The summed E-state index contributed by atoms with van der Waals surface area (Å²) in [5, 5.41) is 3.71. The fraction of sp³-hybridized carbons (Fsp3) is 0.412. The molecular formula is C17H21NOS. The van der Waals surface area contributed by atoms with Crippen molar-refractivity contribution in [3.8, 4) is 5.75 Å². The maximum absolute atomic E-state index is 5.80. The molecule has 0 fully saturated rings. The van der Waals surface area contributed by atoms with Gasteiger partial charge in [-0.1, -0.05) is 32.0 Å². The molecule has 20 heavy (non-hydrogen) atoms. The predicted molar refractivity (Wildman–Crippen MR) is 84.4 cm³/mol. The number of hydrogen-bond donors (Lipinski definition) is 1. The van der Waals surface area contributed by atoms with Gasteiger partial charge in [-0.15, -0.1) is 11.3 Å². The van der Waals surface area contributed by atoms with Crippen LogP contribution in [-0.4, -0.2) is 6.61 Å². The number of nitrogens with one attached hydrogen (secondary N) is 1. The fourth-order valence-electron chi connectivity index (χ4n) is 2.72. The van der Waals surface area contributed by atoms with Gasteiger partial charge in [0.15, 0.2) is 0 Å². The summed E-state index contributed by atoms with van der Waals surface area (Å²) in [7, 11) is 0. The molecule has 2 heterocycles. The van der Waals surface area contributed by atoms with E-state index >= 15 is 0 Å². The van der Waals surface area contributed by atoms with E-state index in [0.29, 0.717) is 12.0 Å². The molecule has 0 saturated carbocycles. The fourth-order valence-corrected chi connectivity index (χ4v) is 3.63. The van der Waals surface area contributed by atoms with E-state index in [-0.39, 0.29) is 0 Å². The monoisotopic (exact) mass is 287 g/mol. The number of rotatable bonds is 4. The molecule has 2 nitrogen and oxygen atoms in total. The normalized spacial score (nSPS) is 21.3. The molecule has 0 bridgehead atoms. The Morgan fingerprint density at radius 2 is 2.00 bits per heavy atom. The highest BCUT2D eigenvalue weighted by Gasteiger charge is 2.27. The van der Waals surface area contributed by atoms with Crippen molar-refractivity contribution in [1.29, 1.82) is 0 Å². The minimum absolute atomic E-state index is 0.382. The van der Waals surface area contributed by atoms with Gasteiger partial charge in [0, 0.05) is 33.8 Å². The van der Waals surface area contributed by atoms with E-state index in [1.165, 1.54) is 15.3 Å². The molecule has 0 radical (unpaired) electrons. The quantitative estimate of drug-likeness (QED) is 0.911. The van der Waals surface area contributed by atoms with Crippen molar-refractivity contribution in [3.63, 3.8) is 0 Å². The van der Waals surface area contributed by atoms with Gasteiger partial charge in [-0.25, -0.2) is 0 Å². The lowest BCUT2D eigenvalue weighted by Crippen LogP contribution is -2.33. The topological polar surface area (TPSA) is 21.3 Å². The Bertz CT molecular complexity index is 578. The third-order valence-electron chi connectivity index (χ3n) is 3.89. The van der Waals surface area contributed by atoms with Crippen LogP contribution < -0.4 is 10.1 Å². The molecule has 1 aromatic carbocycles. The van der Waals surface area contributed by atoms with E-state index in [1.54, 1.807) is 0 Å². The number of ether oxygens (including phenoxy) is 1. The Morgan fingerprint density at radius 1 is 1.20 bits per heavy atom. The van der Waals surface area contributed by atoms with E-state index in [0.717, 1.165) is 25.3 Å². The van der Waals surface area contributed by atoms with Crippen LogP contribution in [-0.2, 0) is 13.0 Å². The van der Waals surface area contributed by atoms with Crippen LogP contribution in [0.15, 0.2) is 36.4 Å². The van der Waals surface area contributed by atoms with Crippen molar-refractivity contribution < 1.29 is 4.74 Å². The minimum atomic E-state index is 0.382. The first kappa shape index (κ1) is 13.7. The van der Waals surface area contributed by atoms with E-state index in [1.807, 2.05) is 17.4 Å². The summed E-state index contributed by atoms with van der Waals surface area (Å²) in [4.78, 5) is 2.88. The van der Waals surface area contributed by atoms with E-state index in [2.05, 4.69) is 49.5 Å². The number of fused-ring (bicyclic) bond motifs is 1. The standard InChI is InChI=1S/C17H21NOS/c1-3-13-8-9-14(20-13)10-18-17-12(2)11-19-16-7-5-4-6-15(16)17/h4-9,12,17-18H,3,10-11H2,1-2H3. The second kappa shape index (κ2) is 5.98. The molecule has 2 aromatic rings. The maximum Gasteiger partial charge on any atom is 0.124 e. The molecule has 0 amide bonds. The van der Waals surface area contributed by atoms with E-state index in [9.17, 15) is 0 Å². The van der Waals surface area contributed by atoms with Gasteiger partial charge in [0.2, 0.25) is 0 Å². The molecule has 1 aromatic heterocycles. The SMILES string of the molecule is CCc1ccc(CNC2c3ccccc3OCC2C)s1. The van der Waals surface area contributed by atoms with Gasteiger partial charge in [-0.3, -0.25) is 0 Å². The summed E-state index contributed by atoms with van der Waals surface area (Å²) in [5.74, 6) is 1.53. The highest BCUT2D eigenvalue weighted by Crippen LogP contribution is 2.35. The molecule has 1 aliphatic heterocycles. The Morgan fingerprint density at radius 3 is 2.80 bits per heavy atom. The van der Waals surface area contributed by atoms with Crippen molar-refractivity contribution >= 4 is 11.3 Å². The van der Waals surface area contributed by atoms with Gasteiger partial charge in [0.1, 0.15) is 5.75 Å². The Kier molecular flexibility index (Phi) is 4.08. The van der Waals surface area contributed by atoms with Gasteiger partial charge in [-0.05, 0) is 24.6 Å². The molecule has 1 N–H and O–H groups in total. The molecular weight excluding hydrogens is 266 g/mol. The number of aryl methyl sites for hydroxylation is 1. The lowest BCUT2D eigenvalue weighted by molar-refractivity contribution is 0.188. The molecule has 2 atom stereocenters. The van der Waals surface area contributed by atoms with Gasteiger partial charge in [0.05, 0.1) is 6.61 Å². The number of benzene rings is 1. The molecule has 2 unspecified atom stereocenters. The highest BCUT2D eigenvalue weighted by atomic mass is 32.1. The van der Waals surface area contributed by atoms with Gasteiger partial charge in [0.25, 0.3) is 0 Å². The summed E-state index contributed by atoms with van der Waals surface area (Å²) < 4.78 is 5.80. The van der Waals surface area contributed by atoms with Crippen LogP contribution in [0.25, 0.3) is 0 Å². The molecule has 3 rings (SSSR count). The summed E-state index contributed by atoms with van der Waals surface area (Å²) in [6.45, 7) is 6.19. The van der Waals surface area contributed by atoms with Crippen LogP contribution in [0.5, 0.6) is 5.75 Å². The lowest BCUT2D eigenvalue weighted by atomic mass is 9.92. The predicted octanol–water partition coefficient (Wildman–Crippen LogP) is 4.17. The Balaban J connectivity index is 1.73. The van der Waals surface area contributed by atoms with Crippen molar-refractivity contribution in [3.05, 3.63) is 51.7 Å². The number of hydrogen-bond acceptors (Lipinski definition) is 3. The zero-order valence-electron chi connectivity index (χ0n) is 12.1. The summed E-state index contributed by atoms with van der Waals surface area (Å²) in [6.07, 6.45) is 1.13. The van der Waals surface area contributed by atoms with Gasteiger partial charge < -0.3 is 10.1 Å². The zero-order valence-corrected chi connectivity index (χ0v) is 12.9. The molecule has 0 spiro atoms. The second-order valence-electron chi connectivity index (χ2n) is 5.41. The molecule has 106 valence electrons. The van der Waals surface area contributed by atoms with Crippen LogP contribution >= 0.6 is 11.3 Å². The molecule has 3 heteroatoms. The summed E-state index contributed by atoms with van der Waals surface area (Å²) in [6, 6.07) is 13.2. The largest absolute Gasteiger partial charge is 0.493 e. The van der Waals surface area contributed by atoms with Gasteiger partial charge in [-0.2, -0.15) is 0 Å². The Labute approximate surface area is 124 Å². The van der Waals surface area contributed by atoms with Crippen molar-refractivity contribution in [2.45, 2.75) is 32.9 Å².